The summed E-state index contributed by atoms with van der Waals surface area (Å²) in [5.74, 6) is 0.890. The van der Waals surface area contributed by atoms with Gasteiger partial charge in [0.25, 0.3) is 5.91 Å². The van der Waals surface area contributed by atoms with Gasteiger partial charge in [-0.15, -0.1) is 0 Å². The van der Waals surface area contributed by atoms with Crippen molar-refractivity contribution in [2.24, 2.45) is 0 Å². The quantitative estimate of drug-likeness (QED) is 0.386. The van der Waals surface area contributed by atoms with Crippen molar-refractivity contribution >= 4 is 17.8 Å². The molecule has 1 N–H and O–H groups in total. The fourth-order valence-electron chi connectivity index (χ4n) is 4.19. The number of rotatable bonds is 7. The smallest absolute Gasteiger partial charge is 0.254 e. The number of aryl methyl sites for hydroxylation is 1. The summed E-state index contributed by atoms with van der Waals surface area (Å²) in [5.41, 5.74) is 4.06. The van der Waals surface area contributed by atoms with Gasteiger partial charge in [0, 0.05) is 29.1 Å². The zero-order valence-corrected chi connectivity index (χ0v) is 21.0. The average molecular weight is 497 g/mol. The largest absolute Gasteiger partial charge is 0.454 e. The zero-order valence-electron chi connectivity index (χ0n) is 21.0. The van der Waals surface area contributed by atoms with E-state index < -0.39 is 0 Å². The minimum atomic E-state index is -0.345. The lowest BCUT2D eigenvalue weighted by Gasteiger charge is -2.26. The molecule has 1 aromatic heterocycles. The first-order valence-corrected chi connectivity index (χ1v) is 12.1. The molecule has 0 saturated carbocycles. The number of amides is 2. The van der Waals surface area contributed by atoms with E-state index in [1.54, 1.807) is 18.2 Å². The fourth-order valence-corrected chi connectivity index (χ4v) is 4.19. The third-order valence-corrected chi connectivity index (χ3v) is 6.12. The number of imidazole rings is 1. The predicted molar refractivity (Wildman–Crippen MR) is 141 cm³/mol. The van der Waals surface area contributed by atoms with Crippen molar-refractivity contribution in [2.45, 2.75) is 26.8 Å². The van der Waals surface area contributed by atoms with Crippen LogP contribution in [-0.2, 0) is 4.79 Å². The number of carbonyl (C=O) groups excluding carboxylic acids is 2. The van der Waals surface area contributed by atoms with Crippen LogP contribution in [0, 0.1) is 6.92 Å². The zero-order chi connectivity index (χ0) is 25.9. The summed E-state index contributed by atoms with van der Waals surface area (Å²) < 4.78 is 12.6. The Morgan fingerprint density at radius 3 is 2.54 bits per heavy atom. The standard InChI is InChI=1S/C29H28N4O4/c1-19(2)32(28(35)22-12-13-25-26(15-22)37-18-36-25)17-27(34)31-29-30-24(21-9-5-4-6-10-21)16-33(29)23-11-7-8-20(3)14-23/h4-16,19H,17-18H2,1-3H3,(H,30,31,34). The molecule has 0 atom stereocenters. The molecular formula is C29H28N4O4. The van der Waals surface area contributed by atoms with E-state index in [4.69, 9.17) is 14.5 Å². The van der Waals surface area contributed by atoms with Crippen molar-refractivity contribution in [1.82, 2.24) is 14.5 Å². The van der Waals surface area contributed by atoms with Gasteiger partial charge in [-0.25, -0.2) is 4.98 Å². The summed E-state index contributed by atoms with van der Waals surface area (Å²) in [6.45, 7) is 5.76. The first kappa shape index (κ1) is 24.1. The number of aromatic nitrogens is 2. The lowest BCUT2D eigenvalue weighted by molar-refractivity contribution is -0.117. The third kappa shape index (κ3) is 5.18. The van der Waals surface area contributed by atoms with Gasteiger partial charge in [0.05, 0.1) is 5.69 Å². The highest BCUT2D eigenvalue weighted by molar-refractivity contribution is 5.99. The fraction of sp³-hybridized carbons (Fsp3) is 0.207. The molecule has 5 rings (SSSR count). The molecule has 188 valence electrons. The second-order valence-corrected chi connectivity index (χ2v) is 9.17. The Labute approximate surface area is 215 Å². The van der Waals surface area contributed by atoms with Crippen LogP contribution in [0.15, 0.2) is 79.0 Å². The number of nitrogens with one attached hydrogen (secondary N) is 1. The lowest BCUT2D eigenvalue weighted by Crippen LogP contribution is -2.42. The monoisotopic (exact) mass is 496 g/mol. The van der Waals surface area contributed by atoms with Crippen molar-refractivity contribution in [3.05, 3.63) is 90.1 Å². The van der Waals surface area contributed by atoms with Crippen LogP contribution in [-0.4, -0.2) is 45.6 Å². The van der Waals surface area contributed by atoms with Gasteiger partial charge in [-0.1, -0.05) is 42.5 Å². The van der Waals surface area contributed by atoms with Crippen molar-refractivity contribution in [2.75, 3.05) is 18.7 Å². The van der Waals surface area contributed by atoms with E-state index in [9.17, 15) is 9.59 Å². The number of hydrogen-bond donors (Lipinski definition) is 1. The molecule has 0 fully saturated rings. The summed E-state index contributed by atoms with van der Waals surface area (Å²) in [6, 6.07) is 22.6. The van der Waals surface area contributed by atoms with Gasteiger partial charge in [0.1, 0.15) is 6.54 Å². The highest BCUT2D eigenvalue weighted by atomic mass is 16.7. The Morgan fingerprint density at radius 1 is 1.00 bits per heavy atom. The minimum Gasteiger partial charge on any atom is -0.454 e. The van der Waals surface area contributed by atoms with Crippen molar-refractivity contribution < 1.29 is 19.1 Å². The van der Waals surface area contributed by atoms with Gasteiger partial charge in [-0.05, 0) is 56.7 Å². The molecule has 0 aliphatic carbocycles. The average Bonchev–Trinajstić information content (AvgIpc) is 3.54. The predicted octanol–water partition coefficient (Wildman–Crippen LogP) is 5.07. The van der Waals surface area contributed by atoms with Gasteiger partial charge < -0.3 is 14.4 Å². The lowest BCUT2D eigenvalue weighted by atomic mass is 10.1. The first-order chi connectivity index (χ1) is 17.9. The SMILES string of the molecule is Cc1cccc(-n2cc(-c3ccccc3)nc2NC(=O)CN(C(=O)c2ccc3c(c2)OCO3)C(C)C)c1. The van der Waals surface area contributed by atoms with Crippen LogP contribution < -0.4 is 14.8 Å². The van der Waals surface area contributed by atoms with E-state index in [1.807, 2.05) is 86.1 Å². The number of hydrogen-bond acceptors (Lipinski definition) is 5. The molecular weight excluding hydrogens is 468 g/mol. The summed E-state index contributed by atoms with van der Waals surface area (Å²) >= 11 is 0. The number of benzene rings is 3. The van der Waals surface area contributed by atoms with Crippen LogP contribution >= 0.6 is 0 Å². The van der Waals surface area contributed by atoms with E-state index in [0.717, 1.165) is 22.5 Å². The molecule has 0 unspecified atom stereocenters. The first-order valence-electron chi connectivity index (χ1n) is 12.1. The third-order valence-electron chi connectivity index (χ3n) is 6.12. The van der Waals surface area contributed by atoms with Crippen LogP contribution in [0.4, 0.5) is 5.95 Å². The molecule has 3 aromatic carbocycles. The molecule has 2 amide bonds. The van der Waals surface area contributed by atoms with Gasteiger partial charge in [-0.2, -0.15) is 0 Å². The number of ether oxygens (including phenoxy) is 2. The van der Waals surface area contributed by atoms with Crippen LogP contribution in [0.3, 0.4) is 0 Å². The van der Waals surface area contributed by atoms with Crippen LogP contribution in [0.5, 0.6) is 11.5 Å². The molecule has 2 heterocycles. The van der Waals surface area contributed by atoms with Gasteiger partial charge >= 0.3 is 0 Å². The Kier molecular flexibility index (Phi) is 6.64. The molecule has 0 spiro atoms. The van der Waals surface area contributed by atoms with Crippen LogP contribution in [0.2, 0.25) is 0 Å². The van der Waals surface area contributed by atoms with Gasteiger partial charge in [0.2, 0.25) is 18.6 Å². The normalized spacial score (nSPS) is 12.0. The minimum absolute atomic E-state index is 0.127. The maximum Gasteiger partial charge on any atom is 0.254 e. The molecule has 0 saturated heterocycles. The van der Waals surface area contributed by atoms with E-state index in [0.29, 0.717) is 23.0 Å². The molecule has 37 heavy (non-hydrogen) atoms. The summed E-state index contributed by atoms with van der Waals surface area (Å²) in [6.07, 6.45) is 1.90. The summed E-state index contributed by atoms with van der Waals surface area (Å²) in [4.78, 5) is 32.8. The highest BCUT2D eigenvalue weighted by Gasteiger charge is 2.25. The molecule has 8 nitrogen and oxygen atoms in total. The Morgan fingerprint density at radius 2 is 1.78 bits per heavy atom. The molecule has 0 radical (unpaired) electrons. The Bertz CT molecular complexity index is 1450. The Balaban J connectivity index is 1.40. The van der Waals surface area contributed by atoms with Crippen molar-refractivity contribution in [3.63, 3.8) is 0 Å². The number of nitrogens with zero attached hydrogens (tertiary/aromatic N) is 3. The second kappa shape index (κ2) is 10.2. The number of fused-ring (bicyclic) bond motifs is 1. The van der Waals surface area contributed by atoms with E-state index in [-0.39, 0.29) is 31.2 Å². The number of carbonyl (C=O) groups is 2. The van der Waals surface area contributed by atoms with Gasteiger partial charge in [0.15, 0.2) is 11.5 Å². The number of anilines is 1. The summed E-state index contributed by atoms with van der Waals surface area (Å²) in [7, 11) is 0. The van der Waals surface area contributed by atoms with Crippen molar-refractivity contribution in [3.8, 4) is 28.4 Å². The van der Waals surface area contributed by atoms with E-state index in [2.05, 4.69) is 5.32 Å². The topological polar surface area (TPSA) is 85.7 Å². The molecule has 8 heteroatoms. The molecule has 1 aliphatic rings. The van der Waals surface area contributed by atoms with Crippen LogP contribution in [0.1, 0.15) is 29.8 Å². The molecule has 4 aromatic rings. The highest BCUT2D eigenvalue weighted by Crippen LogP contribution is 2.33. The summed E-state index contributed by atoms with van der Waals surface area (Å²) in [5, 5.41) is 2.93. The maximum atomic E-state index is 13.3. The maximum absolute atomic E-state index is 13.3. The van der Waals surface area contributed by atoms with Crippen molar-refractivity contribution in [1.29, 1.82) is 0 Å². The molecule has 0 bridgehead atoms. The van der Waals surface area contributed by atoms with E-state index >= 15 is 0 Å². The second-order valence-electron chi connectivity index (χ2n) is 9.17. The van der Waals surface area contributed by atoms with Gasteiger partial charge in [-0.3, -0.25) is 19.5 Å². The Hall–Kier alpha value is -4.59. The molecule has 1 aliphatic heterocycles. The van der Waals surface area contributed by atoms with E-state index in [1.165, 1.54) is 4.90 Å². The van der Waals surface area contributed by atoms with Crippen LogP contribution in [0.25, 0.3) is 16.9 Å².